The lowest BCUT2D eigenvalue weighted by molar-refractivity contribution is 0.306. The highest BCUT2D eigenvalue weighted by atomic mass is 32.1. The van der Waals surface area contributed by atoms with Crippen molar-refractivity contribution in [2.45, 2.75) is 6.61 Å². The van der Waals surface area contributed by atoms with Crippen LogP contribution in [0.25, 0.3) is 0 Å². The van der Waals surface area contributed by atoms with Crippen LogP contribution >= 0.6 is 12.2 Å². The van der Waals surface area contributed by atoms with E-state index in [-0.39, 0.29) is 0 Å². The fourth-order valence-electron chi connectivity index (χ4n) is 2.49. The quantitative estimate of drug-likeness (QED) is 0.350. The lowest BCUT2D eigenvalue weighted by Crippen LogP contribution is -2.24. The van der Waals surface area contributed by atoms with E-state index in [0.717, 1.165) is 22.6 Å². The Morgan fingerprint density at radius 3 is 2.61 bits per heavy atom. The first-order valence-corrected chi connectivity index (χ1v) is 9.15. The molecule has 0 saturated carbocycles. The second kappa shape index (κ2) is 10.1. The number of anilines is 1. The smallest absolute Gasteiger partial charge is 0.191 e. The average molecular weight is 391 g/mol. The summed E-state index contributed by atoms with van der Waals surface area (Å²) in [5.41, 5.74) is 5.60. The van der Waals surface area contributed by atoms with E-state index in [4.69, 9.17) is 21.7 Å². The van der Waals surface area contributed by atoms with Gasteiger partial charge in [0.25, 0.3) is 0 Å². The molecule has 0 heterocycles. The first-order valence-electron chi connectivity index (χ1n) is 8.74. The summed E-state index contributed by atoms with van der Waals surface area (Å²) in [5.74, 6) is 1.49. The molecule has 0 aliphatic carbocycles. The van der Waals surface area contributed by atoms with Crippen LogP contribution in [0.1, 0.15) is 11.1 Å². The summed E-state index contributed by atoms with van der Waals surface area (Å²) in [6.07, 6.45) is 1.69. The minimum absolute atomic E-state index is 0.372. The molecule has 0 aliphatic rings. The van der Waals surface area contributed by atoms with Crippen LogP contribution in [0.4, 0.5) is 5.69 Å². The topological polar surface area (TPSA) is 54.9 Å². The van der Waals surface area contributed by atoms with Crippen LogP contribution < -0.4 is 20.2 Å². The van der Waals surface area contributed by atoms with Crippen molar-refractivity contribution < 1.29 is 9.47 Å². The van der Waals surface area contributed by atoms with Gasteiger partial charge in [0.2, 0.25) is 0 Å². The number of hydrogen-bond donors (Lipinski definition) is 2. The number of rotatable bonds is 7. The molecule has 0 fully saturated rings. The monoisotopic (exact) mass is 391 g/mol. The number of hydrogen-bond acceptors (Lipinski definition) is 4. The lowest BCUT2D eigenvalue weighted by atomic mass is 10.2. The Kier molecular flexibility index (Phi) is 6.98. The average Bonchev–Trinajstić information content (AvgIpc) is 2.74. The van der Waals surface area contributed by atoms with Crippen LogP contribution in [0.15, 0.2) is 84.0 Å². The molecule has 0 unspecified atom stereocenters. The highest BCUT2D eigenvalue weighted by molar-refractivity contribution is 7.80. The van der Waals surface area contributed by atoms with E-state index in [0.29, 0.717) is 17.5 Å². The highest BCUT2D eigenvalue weighted by Gasteiger charge is 2.02. The summed E-state index contributed by atoms with van der Waals surface area (Å²) in [7, 11) is 1.61. The van der Waals surface area contributed by atoms with Gasteiger partial charge in [0, 0.05) is 0 Å². The Labute approximate surface area is 170 Å². The van der Waals surface area contributed by atoms with Gasteiger partial charge in [-0.3, -0.25) is 5.43 Å². The van der Waals surface area contributed by atoms with Gasteiger partial charge in [-0.15, -0.1) is 0 Å². The number of thiocarbonyl (C=S) groups is 1. The van der Waals surface area contributed by atoms with Crippen LogP contribution in [0.2, 0.25) is 0 Å². The normalized spacial score (nSPS) is 10.5. The third-order valence-corrected chi connectivity index (χ3v) is 4.03. The summed E-state index contributed by atoms with van der Waals surface area (Å²) in [4.78, 5) is 0. The summed E-state index contributed by atoms with van der Waals surface area (Å²) in [6.45, 7) is 0.520. The van der Waals surface area contributed by atoms with Gasteiger partial charge >= 0.3 is 0 Å². The molecule has 0 saturated heterocycles. The van der Waals surface area contributed by atoms with Gasteiger partial charge < -0.3 is 14.8 Å². The molecule has 0 aliphatic heterocycles. The molecule has 3 aromatic carbocycles. The Hall–Kier alpha value is -3.38. The zero-order chi connectivity index (χ0) is 19.6. The van der Waals surface area contributed by atoms with Crippen molar-refractivity contribution in [1.29, 1.82) is 0 Å². The van der Waals surface area contributed by atoms with Crippen molar-refractivity contribution in [3.05, 3.63) is 90.0 Å². The molecule has 2 N–H and O–H groups in total. The second-order valence-electron chi connectivity index (χ2n) is 5.87. The SMILES string of the molecule is COc1ccccc1NC(=S)N/N=C\c1cccc(OCc2ccccc2)c1. The van der Waals surface area contributed by atoms with Gasteiger partial charge in [-0.25, -0.2) is 0 Å². The van der Waals surface area contributed by atoms with E-state index in [2.05, 4.69) is 15.8 Å². The Balaban J connectivity index is 1.53. The minimum Gasteiger partial charge on any atom is -0.495 e. The minimum atomic E-state index is 0.372. The van der Waals surface area contributed by atoms with Crippen molar-refractivity contribution in [3.8, 4) is 11.5 Å². The molecule has 142 valence electrons. The molecule has 0 radical (unpaired) electrons. The number of nitrogens with zero attached hydrogens (tertiary/aromatic N) is 1. The summed E-state index contributed by atoms with van der Waals surface area (Å²) in [6, 6.07) is 25.3. The van der Waals surface area contributed by atoms with Crippen molar-refractivity contribution >= 4 is 29.2 Å². The van der Waals surface area contributed by atoms with Gasteiger partial charge in [0.05, 0.1) is 19.0 Å². The maximum Gasteiger partial charge on any atom is 0.191 e. The number of para-hydroxylation sites is 2. The summed E-state index contributed by atoms with van der Waals surface area (Å²) >= 11 is 5.26. The molecule has 0 aromatic heterocycles. The molecular weight excluding hydrogens is 370 g/mol. The summed E-state index contributed by atoms with van der Waals surface area (Å²) in [5, 5.41) is 7.60. The predicted octanol–water partition coefficient (Wildman–Crippen LogP) is 4.59. The molecule has 0 bridgehead atoms. The molecule has 5 nitrogen and oxygen atoms in total. The first kappa shape index (κ1) is 19.4. The molecule has 3 aromatic rings. The van der Waals surface area contributed by atoms with Crippen LogP contribution in [-0.4, -0.2) is 18.4 Å². The Morgan fingerprint density at radius 2 is 1.79 bits per heavy atom. The van der Waals surface area contributed by atoms with Gasteiger partial charge in [-0.1, -0.05) is 54.6 Å². The maximum atomic E-state index is 5.83. The number of ether oxygens (including phenoxy) is 2. The predicted molar refractivity (Wildman–Crippen MR) is 117 cm³/mol. The van der Waals surface area contributed by atoms with Crippen molar-refractivity contribution in [2.24, 2.45) is 5.10 Å². The number of benzene rings is 3. The van der Waals surface area contributed by atoms with Crippen LogP contribution in [-0.2, 0) is 6.61 Å². The highest BCUT2D eigenvalue weighted by Crippen LogP contribution is 2.22. The first-order chi connectivity index (χ1) is 13.7. The summed E-state index contributed by atoms with van der Waals surface area (Å²) < 4.78 is 11.1. The van der Waals surface area contributed by atoms with E-state index in [1.54, 1.807) is 13.3 Å². The Bertz CT molecular complexity index is 945. The second-order valence-corrected chi connectivity index (χ2v) is 6.28. The van der Waals surface area contributed by atoms with Crippen molar-refractivity contribution in [1.82, 2.24) is 5.43 Å². The molecule has 3 rings (SSSR count). The van der Waals surface area contributed by atoms with Crippen molar-refractivity contribution in [3.63, 3.8) is 0 Å². The molecule has 0 amide bonds. The molecule has 0 atom stereocenters. The zero-order valence-electron chi connectivity index (χ0n) is 15.5. The number of hydrazone groups is 1. The molecule has 28 heavy (non-hydrogen) atoms. The number of nitrogens with one attached hydrogen (secondary N) is 2. The van der Waals surface area contributed by atoms with E-state index in [1.165, 1.54) is 0 Å². The van der Waals surface area contributed by atoms with Gasteiger partial charge in [-0.05, 0) is 47.6 Å². The largest absolute Gasteiger partial charge is 0.495 e. The fourth-order valence-corrected chi connectivity index (χ4v) is 2.65. The molecular formula is C22H21N3O2S. The van der Waals surface area contributed by atoms with Crippen LogP contribution in [0.3, 0.4) is 0 Å². The van der Waals surface area contributed by atoms with Gasteiger partial charge in [0.1, 0.15) is 18.1 Å². The zero-order valence-corrected chi connectivity index (χ0v) is 16.3. The maximum absolute atomic E-state index is 5.83. The van der Waals surface area contributed by atoms with Crippen LogP contribution in [0.5, 0.6) is 11.5 Å². The third kappa shape index (κ3) is 5.82. The van der Waals surface area contributed by atoms with E-state index >= 15 is 0 Å². The standard InChI is InChI=1S/C22H21N3O2S/c1-26-21-13-6-5-12-20(21)24-22(28)25-23-15-18-10-7-11-19(14-18)27-16-17-8-3-2-4-9-17/h2-15H,16H2,1H3,(H2,24,25,28)/b23-15-. The Morgan fingerprint density at radius 1 is 1.00 bits per heavy atom. The van der Waals surface area contributed by atoms with E-state index < -0.39 is 0 Å². The van der Waals surface area contributed by atoms with Crippen LogP contribution in [0, 0.1) is 0 Å². The van der Waals surface area contributed by atoms with Gasteiger partial charge in [-0.2, -0.15) is 5.10 Å². The van der Waals surface area contributed by atoms with Crippen molar-refractivity contribution in [2.75, 3.05) is 12.4 Å². The third-order valence-electron chi connectivity index (χ3n) is 3.84. The fraction of sp³-hybridized carbons (Fsp3) is 0.0909. The van der Waals surface area contributed by atoms with Gasteiger partial charge in [0.15, 0.2) is 5.11 Å². The number of methoxy groups -OCH3 is 1. The lowest BCUT2D eigenvalue weighted by Gasteiger charge is -2.10. The molecule has 0 spiro atoms. The van der Waals surface area contributed by atoms with E-state index in [1.807, 2.05) is 78.9 Å². The molecule has 6 heteroatoms. The van der Waals surface area contributed by atoms with E-state index in [9.17, 15) is 0 Å².